The van der Waals surface area contributed by atoms with Gasteiger partial charge in [-0.2, -0.15) is 0 Å². The van der Waals surface area contributed by atoms with E-state index in [1.54, 1.807) is 12.1 Å². The van der Waals surface area contributed by atoms with Gasteiger partial charge in [-0.1, -0.05) is 0 Å². The fraction of sp³-hybridized carbons (Fsp3) is 0.333. The highest BCUT2D eigenvalue weighted by Crippen LogP contribution is 2.17. The van der Waals surface area contributed by atoms with Gasteiger partial charge < -0.3 is 9.47 Å². The standard InChI is InChI=1S/C12H11INO6/c1-12(2)19-10(15)9(11(16)20-12)13-7-3-5-8(6-4-7)14(17)18/h3-6,9H,1-2H3/q+1. The molecule has 1 aromatic carbocycles. The minimum absolute atomic E-state index is 0.0345. The van der Waals surface area contributed by atoms with Crippen molar-refractivity contribution in [2.75, 3.05) is 0 Å². The molecule has 0 radical (unpaired) electrons. The third-order valence-electron chi connectivity index (χ3n) is 2.38. The first-order valence-corrected chi connectivity index (χ1v) is 7.94. The van der Waals surface area contributed by atoms with Crippen LogP contribution in [-0.2, 0) is 19.1 Å². The second-order valence-electron chi connectivity index (χ2n) is 4.45. The zero-order valence-corrected chi connectivity index (χ0v) is 12.8. The highest BCUT2D eigenvalue weighted by Gasteiger charge is 2.52. The lowest BCUT2D eigenvalue weighted by Gasteiger charge is -2.29. The molecular weight excluding hydrogens is 381 g/mol. The summed E-state index contributed by atoms with van der Waals surface area (Å²) in [6, 6.07) is 5.79. The molecule has 0 aromatic heterocycles. The Labute approximate surface area is 124 Å². The topological polar surface area (TPSA) is 95.7 Å². The molecule has 20 heavy (non-hydrogen) atoms. The predicted octanol–water partition coefficient (Wildman–Crippen LogP) is -1.94. The van der Waals surface area contributed by atoms with Crippen molar-refractivity contribution in [3.63, 3.8) is 0 Å². The molecular formula is C12H11INO6+. The number of hydrogen-bond donors (Lipinski definition) is 0. The molecule has 1 heterocycles. The van der Waals surface area contributed by atoms with Crippen LogP contribution in [0.25, 0.3) is 0 Å². The molecule has 1 saturated heterocycles. The number of ether oxygens (including phenoxy) is 2. The van der Waals surface area contributed by atoms with Crippen LogP contribution in [0.1, 0.15) is 13.8 Å². The van der Waals surface area contributed by atoms with Gasteiger partial charge in [0.25, 0.3) is 11.5 Å². The molecule has 0 spiro atoms. The molecule has 106 valence electrons. The average Bonchev–Trinajstić information content (AvgIpc) is 2.33. The maximum atomic E-state index is 11.8. The van der Waals surface area contributed by atoms with Gasteiger partial charge >= 0.3 is 37.1 Å². The summed E-state index contributed by atoms with van der Waals surface area (Å²) in [5.74, 6) is -2.43. The number of rotatable bonds is 3. The lowest BCUT2D eigenvalue weighted by molar-refractivity contribution is -0.644. The number of halogens is 1. The zero-order chi connectivity index (χ0) is 14.9. The molecule has 7 nitrogen and oxygen atoms in total. The Morgan fingerprint density at radius 2 is 1.65 bits per heavy atom. The van der Waals surface area contributed by atoms with Gasteiger partial charge in [0.1, 0.15) is 0 Å². The van der Waals surface area contributed by atoms with Crippen LogP contribution in [-0.4, -0.2) is 26.6 Å². The van der Waals surface area contributed by atoms with Crippen molar-refractivity contribution in [2.45, 2.75) is 23.6 Å². The van der Waals surface area contributed by atoms with E-state index in [-0.39, 0.29) is 5.69 Å². The first kappa shape index (κ1) is 14.7. The van der Waals surface area contributed by atoms with Crippen LogP contribution in [0, 0.1) is 13.7 Å². The van der Waals surface area contributed by atoms with Crippen LogP contribution < -0.4 is 21.2 Å². The van der Waals surface area contributed by atoms with Gasteiger partial charge in [-0.15, -0.1) is 0 Å². The van der Waals surface area contributed by atoms with E-state index < -0.39 is 47.8 Å². The number of esters is 2. The number of nitro benzene ring substituents is 1. The number of nitro groups is 1. The highest BCUT2D eigenvalue weighted by atomic mass is 127. The number of non-ortho nitro benzene ring substituents is 1. The van der Waals surface area contributed by atoms with Gasteiger partial charge in [0.05, 0.1) is 4.92 Å². The number of nitrogens with zero attached hydrogens (tertiary/aromatic N) is 1. The van der Waals surface area contributed by atoms with Crippen LogP contribution in [0.2, 0.25) is 0 Å². The first-order valence-electron chi connectivity index (χ1n) is 5.62. The average molecular weight is 392 g/mol. The quantitative estimate of drug-likeness (QED) is 0.148. The summed E-state index contributed by atoms with van der Waals surface area (Å²) in [5.41, 5.74) is -0.0345. The molecule has 1 fully saturated rings. The van der Waals surface area contributed by atoms with Crippen molar-refractivity contribution >= 4 is 17.6 Å². The maximum absolute atomic E-state index is 11.8. The van der Waals surface area contributed by atoms with Gasteiger partial charge in [-0.25, -0.2) is 9.59 Å². The van der Waals surface area contributed by atoms with Crippen molar-refractivity contribution in [2.24, 2.45) is 0 Å². The Balaban J connectivity index is 2.11. The van der Waals surface area contributed by atoms with Gasteiger partial charge in [0.2, 0.25) is 0 Å². The van der Waals surface area contributed by atoms with E-state index >= 15 is 0 Å². The van der Waals surface area contributed by atoms with Crippen molar-refractivity contribution in [1.82, 2.24) is 0 Å². The number of benzene rings is 1. The SMILES string of the molecule is CC1(C)OC(=O)C([I+]c2ccc([N+](=O)[O-])cc2)C(=O)O1. The van der Waals surface area contributed by atoms with E-state index in [4.69, 9.17) is 9.47 Å². The minimum atomic E-state index is -1.23. The molecule has 8 heteroatoms. The lowest BCUT2D eigenvalue weighted by atomic mass is 10.3. The largest absolute Gasteiger partial charge is 0.419 e. The van der Waals surface area contributed by atoms with Crippen LogP contribution in [0.4, 0.5) is 5.69 Å². The normalized spacial score (nSPS) is 18.3. The van der Waals surface area contributed by atoms with E-state index in [0.717, 1.165) is 3.57 Å². The molecule has 0 bridgehead atoms. The number of alkyl halides is 1. The molecule has 2 rings (SSSR count). The summed E-state index contributed by atoms with van der Waals surface area (Å²) in [7, 11) is 0. The molecule has 0 amide bonds. The Bertz CT molecular complexity index is 548. The molecule has 0 atom stereocenters. The second-order valence-corrected chi connectivity index (χ2v) is 7.56. The van der Waals surface area contributed by atoms with E-state index in [1.807, 2.05) is 0 Å². The van der Waals surface area contributed by atoms with Crippen molar-refractivity contribution in [3.8, 4) is 0 Å². The van der Waals surface area contributed by atoms with E-state index in [1.165, 1.54) is 26.0 Å². The van der Waals surface area contributed by atoms with Crippen molar-refractivity contribution in [3.05, 3.63) is 37.9 Å². The van der Waals surface area contributed by atoms with Crippen LogP contribution in [0.15, 0.2) is 24.3 Å². The van der Waals surface area contributed by atoms with Crippen LogP contribution >= 0.6 is 0 Å². The molecule has 1 aromatic rings. The number of carbonyl (C=O) groups is 2. The van der Waals surface area contributed by atoms with E-state index in [2.05, 4.69) is 0 Å². The monoisotopic (exact) mass is 392 g/mol. The third kappa shape index (κ3) is 3.24. The molecule has 0 unspecified atom stereocenters. The van der Waals surface area contributed by atoms with Gasteiger partial charge in [-0.05, 0) is 12.1 Å². The zero-order valence-electron chi connectivity index (χ0n) is 10.7. The number of carbonyl (C=O) groups excluding carboxylic acids is 2. The Hall–Kier alpha value is -1.71. The molecule has 1 aliphatic rings. The first-order chi connectivity index (χ1) is 9.28. The smallest absolute Gasteiger partial charge is 0.373 e. The highest BCUT2D eigenvalue weighted by molar-refractivity contribution is 5.99. The lowest BCUT2D eigenvalue weighted by Crippen LogP contribution is -3.66. The van der Waals surface area contributed by atoms with Gasteiger partial charge in [0, 0.05) is 26.0 Å². The summed E-state index contributed by atoms with van der Waals surface area (Å²) < 4.78 is 9.86. The third-order valence-corrected chi connectivity index (χ3v) is 5.46. The molecule has 0 saturated carbocycles. The van der Waals surface area contributed by atoms with Gasteiger partial charge in [0.15, 0.2) is 3.57 Å². The minimum Gasteiger partial charge on any atom is -0.419 e. The summed E-state index contributed by atoms with van der Waals surface area (Å²) >= 11 is -1.02. The Morgan fingerprint density at radius 1 is 1.15 bits per heavy atom. The van der Waals surface area contributed by atoms with Gasteiger partial charge in [-0.3, -0.25) is 10.1 Å². The Morgan fingerprint density at radius 3 is 2.10 bits per heavy atom. The summed E-state index contributed by atoms with van der Waals surface area (Å²) in [4.78, 5) is 33.6. The van der Waals surface area contributed by atoms with Crippen molar-refractivity contribution in [1.29, 1.82) is 0 Å². The van der Waals surface area contributed by atoms with Crippen LogP contribution in [0.5, 0.6) is 0 Å². The summed E-state index contributed by atoms with van der Waals surface area (Å²) in [5, 5.41) is 10.5. The fourth-order valence-electron chi connectivity index (χ4n) is 1.56. The van der Waals surface area contributed by atoms with E-state index in [9.17, 15) is 19.7 Å². The summed E-state index contributed by atoms with van der Waals surface area (Å²) in [6.07, 6.45) is 0. The van der Waals surface area contributed by atoms with Crippen molar-refractivity contribution < 1.29 is 45.2 Å². The number of hydrogen-bond acceptors (Lipinski definition) is 6. The predicted molar refractivity (Wildman–Crippen MR) is 61.8 cm³/mol. The molecule has 0 aliphatic carbocycles. The number of cyclic esters (lactones) is 2. The summed E-state index contributed by atoms with van der Waals surface area (Å²) in [6.45, 7) is 2.98. The second kappa shape index (κ2) is 5.35. The van der Waals surface area contributed by atoms with Crippen LogP contribution in [0.3, 0.4) is 0 Å². The van der Waals surface area contributed by atoms with E-state index in [0.29, 0.717) is 0 Å². The Kier molecular flexibility index (Phi) is 3.93. The molecule has 1 aliphatic heterocycles. The fourth-order valence-corrected chi connectivity index (χ4v) is 3.81. The maximum Gasteiger partial charge on any atom is 0.373 e. The molecule has 0 N–H and O–H groups in total.